The lowest BCUT2D eigenvalue weighted by atomic mass is 9.99. The smallest absolute Gasteiger partial charge is 0.349 e. The molecule has 0 fully saturated rings. The summed E-state index contributed by atoms with van der Waals surface area (Å²) >= 11 is 0. The van der Waals surface area contributed by atoms with E-state index in [9.17, 15) is 17.8 Å². The van der Waals surface area contributed by atoms with Crippen molar-refractivity contribution in [2.24, 2.45) is 0 Å². The summed E-state index contributed by atoms with van der Waals surface area (Å²) in [5, 5.41) is 0.0920. The highest BCUT2D eigenvalue weighted by molar-refractivity contribution is 7.86. The summed E-state index contributed by atoms with van der Waals surface area (Å²) in [6.45, 7) is 3.91. The van der Waals surface area contributed by atoms with E-state index in [4.69, 9.17) is 9.47 Å². The maximum absolute atomic E-state index is 12.2. The second-order valence-corrected chi connectivity index (χ2v) is 7.90. The van der Waals surface area contributed by atoms with E-state index < -0.39 is 21.0 Å². The zero-order chi connectivity index (χ0) is 21.0. The fraction of sp³-hybridized carbons (Fsp3) is 0.238. The maximum Gasteiger partial charge on any atom is 0.349 e. The Balaban J connectivity index is 1.72. The number of hydrogen-bond acceptors (Lipinski definition) is 7. The van der Waals surface area contributed by atoms with Crippen LogP contribution in [0.3, 0.4) is 0 Å². The summed E-state index contributed by atoms with van der Waals surface area (Å²) < 4.78 is 45.0. The first-order valence-corrected chi connectivity index (χ1v) is 10.5. The van der Waals surface area contributed by atoms with Crippen LogP contribution in [-0.4, -0.2) is 30.5 Å². The van der Waals surface area contributed by atoms with Crippen LogP contribution in [0.15, 0.2) is 59.6 Å². The molecule has 0 saturated carbocycles. The summed E-state index contributed by atoms with van der Waals surface area (Å²) in [5.41, 5.74) is 1.30. The molecule has 0 aliphatic carbocycles. The van der Waals surface area contributed by atoms with Crippen LogP contribution < -0.4 is 9.47 Å². The normalized spacial score (nSPS) is 12.5. The molecule has 152 valence electrons. The van der Waals surface area contributed by atoms with Crippen molar-refractivity contribution in [3.05, 3.63) is 60.3 Å². The van der Waals surface area contributed by atoms with Crippen LogP contribution >= 0.6 is 0 Å². The Morgan fingerprint density at radius 2 is 1.86 bits per heavy atom. The summed E-state index contributed by atoms with van der Waals surface area (Å²) in [5.74, 6) is 0.342. The topological polar surface area (TPSA) is 106 Å². The largest absolute Gasteiger partial charge is 0.744 e. The molecule has 0 aliphatic rings. The number of nitrogens with zero attached hydrogens (tertiary/aromatic N) is 1. The van der Waals surface area contributed by atoms with Crippen molar-refractivity contribution in [2.45, 2.75) is 31.1 Å². The van der Waals surface area contributed by atoms with E-state index in [1.54, 1.807) is 12.1 Å². The first-order valence-electron chi connectivity index (χ1n) is 9.06. The average Bonchev–Trinajstić information content (AvgIpc) is 2.71. The Morgan fingerprint density at radius 3 is 2.52 bits per heavy atom. The molecular formula is C21H20NO6S-. The van der Waals surface area contributed by atoms with Gasteiger partial charge < -0.3 is 14.0 Å². The minimum absolute atomic E-state index is 0.0497. The predicted octanol–water partition coefficient (Wildman–Crippen LogP) is 3.64. The third kappa shape index (κ3) is 4.90. The quantitative estimate of drug-likeness (QED) is 0.330. The molecule has 7 nitrogen and oxygen atoms in total. The highest BCUT2D eigenvalue weighted by atomic mass is 32.2. The number of ether oxygens (including phenoxy) is 2. The molecular weight excluding hydrogens is 394 g/mol. The van der Waals surface area contributed by atoms with E-state index in [0.29, 0.717) is 11.7 Å². The molecule has 0 radical (unpaired) electrons. The average molecular weight is 414 g/mol. The van der Waals surface area contributed by atoms with Gasteiger partial charge in [0.15, 0.2) is 12.4 Å². The number of pyridine rings is 1. The van der Waals surface area contributed by atoms with Crippen LogP contribution in [0.5, 0.6) is 11.5 Å². The summed E-state index contributed by atoms with van der Waals surface area (Å²) in [4.78, 5) is 15.8. The Morgan fingerprint density at radius 1 is 1.14 bits per heavy atom. The van der Waals surface area contributed by atoms with Crippen LogP contribution in [0.2, 0.25) is 0 Å². The van der Waals surface area contributed by atoms with Gasteiger partial charge in [-0.25, -0.2) is 13.2 Å². The molecule has 0 N–H and O–H groups in total. The molecule has 0 saturated heterocycles. The van der Waals surface area contributed by atoms with Gasteiger partial charge in [0.2, 0.25) is 0 Å². The first kappa shape index (κ1) is 20.8. The monoisotopic (exact) mass is 414 g/mol. The Kier molecular flexibility index (Phi) is 6.14. The van der Waals surface area contributed by atoms with Gasteiger partial charge in [-0.05, 0) is 54.3 Å². The van der Waals surface area contributed by atoms with Gasteiger partial charge >= 0.3 is 5.97 Å². The van der Waals surface area contributed by atoms with Gasteiger partial charge in [0.05, 0.1) is 4.90 Å². The fourth-order valence-electron chi connectivity index (χ4n) is 2.84. The Bertz CT molecular complexity index is 1130. The zero-order valence-electron chi connectivity index (χ0n) is 16.0. The number of hydrogen-bond donors (Lipinski definition) is 0. The number of benzene rings is 2. The van der Waals surface area contributed by atoms with Crippen LogP contribution in [0.4, 0.5) is 0 Å². The minimum Gasteiger partial charge on any atom is -0.744 e. The summed E-state index contributed by atoms with van der Waals surface area (Å²) in [6, 6.07) is 12.7. The molecule has 3 aromatic rings. The van der Waals surface area contributed by atoms with Gasteiger partial charge in [-0.3, -0.25) is 4.98 Å². The van der Waals surface area contributed by atoms with Crippen molar-refractivity contribution < 1.29 is 27.2 Å². The van der Waals surface area contributed by atoms with E-state index in [1.807, 2.05) is 12.1 Å². The molecule has 1 atom stereocenters. The molecule has 2 aromatic carbocycles. The Labute approximate surface area is 169 Å². The van der Waals surface area contributed by atoms with E-state index in [1.165, 1.54) is 30.0 Å². The molecule has 0 bridgehead atoms. The van der Waals surface area contributed by atoms with Crippen molar-refractivity contribution in [3.8, 4) is 11.5 Å². The van der Waals surface area contributed by atoms with Gasteiger partial charge in [0.1, 0.15) is 21.4 Å². The molecule has 0 amide bonds. The standard InChI is InChI=1S/C21H21NO6S/c1-3-14(2)15-6-8-16(9-7-15)27-13-20(23)28-18-10-11-19(29(24,25)26)17-5-4-12-22-21(17)18/h4-12,14H,3,13H2,1-2H3,(H,24,25,26)/p-1. The van der Waals surface area contributed by atoms with Gasteiger partial charge in [0.25, 0.3) is 0 Å². The molecule has 29 heavy (non-hydrogen) atoms. The second kappa shape index (κ2) is 8.59. The SMILES string of the molecule is CCC(C)c1ccc(OCC(=O)Oc2ccc(S(=O)(=O)[O-])c3cccnc23)cc1. The van der Waals surface area contributed by atoms with Gasteiger partial charge in [-0.2, -0.15) is 0 Å². The van der Waals surface area contributed by atoms with Crippen molar-refractivity contribution in [1.29, 1.82) is 0 Å². The van der Waals surface area contributed by atoms with E-state index in [0.717, 1.165) is 12.5 Å². The molecule has 8 heteroatoms. The Hall–Kier alpha value is -2.97. The van der Waals surface area contributed by atoms with Crippen LogP contribution in [0.1, 0.15) is 31.7 Å². The molecule has 0 spiro atoms. The van der Waals surface area contributed by atoms with E-state index in [-0.39, 0.29) is 23.3 Å². The summed E-state index contributed by atoms with van der Waals surface area (Å²) in [6.07, 6.45) is 2.44. The van der Waals surface area contributed by atoms with Gasteiger partial charge in [0, 0.05) is 11.6 Å². The van der Waals surface area contributed by atoms with Crippen molar-refractivity contribution >= 4 is 27.0 Å². The molecule has 3 rings (SSSR count). The number of rotatable bonds is 7. The second-order valence-electron chi connectivity index (χ2n) is 6.56. The molecule has 0 aliphatic heterocycles. The summed E-state index contributed by atoms with van der Waals surface area (Å²) in [7, 11) is -4.69. The highest BCUT2D eigenvalue weighted by Crippen LogP contribution is 2.29. The lowest BCUT2D eigenvalue weighted by Gasteiger charge is -2.13. The lowest BCUT2D eigenvalue weighted by molar-refractivity contribution is -0.136. The number of fused-ring (bicyclic) bond motifs is 1. The predicted molar refractivity (Wildman–Crippen MR) is 106 cm³/mol. The molecule has 1 unspecified atom stereocenters. The third-order valence-corrected chi connectivity index (χ3v) is 5.50. The van der Waals surface area contributed by atoms with Crippen molar-refractivity contribution in [1.82, 2.24) is 4.98 Å². The minimum atomic E-state index is -4.69. The third-order valence-electron chi connectivity index (χ3n) is 4.60. The molecule has 1 aromatic heterocycles. The highest BCUT2D eigenvalue weighted by Gasteiger charge is 2.15. The van der Waals surface area contributed by atoms with Gasteiger partial charge in [-0.1, -0.05) is 26.0 Å². The van der Waals surface area contributed by atoms with E-state index in [2.05, 4.69) is 18.8 Å². The van der Waals surface area contributed by atoms with Crippen molar-refractivity contribution in [2.75, 3.05) is 6.61 Å². The zero-order valence-corrected chi connectivity index (χ0v) is 16.8. The number of carbonyl (C=O) groups excluding carboxylic acids is 1. The maximum atomic E-state index is 12.2. The van der Waals surface area contributed by atoms with E-state index >= 15 is 0 Å². The van der Waals surface area contributed by atoms with Gasteiger partial charge in [-0.15, -0.1) is 0 Å². The first-order chi connectivity index (χ1) is 13.8. The lowest BCUT2D eigenvalue weighted by Crippen LogP contribution is -2.18. The van der Waals surface area contributed by atoms with Crippen LogP contribution in [-0.2, 0) is 14.9 Å². The number of carbonyl (C=O) groups is 1. The van der Waals surface area contributed by atoms with Crippen LogP contribution in [0, 0.1) is 0 Å². The van der Waals surface area contributed by atoms with Crippen LogP contribution in [0.25, 0.3) is 10.9 Å². The number of esters is 1. The number of aromatic nitrogens is 1. The fourth-order valence-corrected chi connectivity index (χ4v) is 3.51. The van der Waals surface area contributed by atoms with Crippen molar-refractivity contribution in [3.63, 3.8) is 0 Å². The molecule has 1 heterocycles.